The average Bonchev–Trinajstić information content (AvgIpc) is 3.17. The molecule has 1 aromatic carbocycles. The largest absolute Gasteiger partial charge is 0.392 e. The number of nitrogens with zero attached hydrogens (tertiary/aromatic N) is 4. The summed E-state index contributed by atoms with van der Waals surface area (Å²) in [6, 6.07) is 8.55. The van der Waals surface area contributed by atoms with Gasteiger partial charge < -0.3 is 20.2 Å². The standard InChI is InChI=1S/C22H31N5O2/c1-14-15(2)24-20(22(29)26(4)5)25-21(14)27-10-9-19(12-27)23-16(3)18-8-6-7-17(11-18)13-28/h6-8,11,16,19,23,28H,9-10,12-13H2,1-5H3/t16?,19-/m1/s1. The molecule has 156 valence electrons. The first-order valence-corrected chi connectivity index (χ1v) is 10.1. The molecule has 0 saturated carbocycles. The summed E-state index contributed by atoms with van der Waals surface area (Å²) in [6.45, 7) is 7.85. The van der Waals surface area contributed by atoms with Crippen LogP contribution in [-0.2, 0) is 6.61 Å². The lowest BCUT2D eigenvalue weighted by Crippen LogP contribution is -2.35. The molecule has 0 spiro atoms. The molecule has 2 heterocycles. The van der Waals surface area contributed by atoms with E-state index < -0.39 is 0 Å². The van der Waals surface area contributed by atoms with Crippen molar-refractivity contribution in [3.63, 3.8) is 0 Å². The molecule has 1 saturated heterocycles. The number of aliphatic hydroxyl groups excluding tert-OH is 1. The molecule has 2 N–H and O–H groups in total. The molecule has 0 aliphatic carbocycles. The van der Waals surface area contributed by atoms with Gasteiger partial charge in [-0.2, -0.15) is 0 Å². The first-order chi connectivity index (χ1) is 13.8. The summed E-state index contributed by atoms with van der Waals surface area (Å²) >= 11 is 0. The number of rotatable bonds is 6. The molecule has 1 aliphatic heterocycles. The van der Waals surface area contributed by atoms with Crippen molar-refractivity contribution in [3.05, 3.63) is 52.5 Å². The number of amides is 1. The van der Waals surface area contributed by atoms with Gasteiger partial charge in [0.25, 0.3) is 5.91 Å². The quantitative estimate of drug-likeness (QED) is 0.778. The summed E-state index contributed by atoms with van der Waals surface area (Å²) < 4.78 is 0. The Labute approximate surface area is 172 Å². The number of carbonyl (C=O) groups is 1. The Bertz CT molecular complexity index is 884. The van der Waals surface area contributed by atoms with E-state index in [1.165, 1.54) is 10.5 Å². The molecule has 3 rings (SSSR count). The Morgan fingerprint density at radius 3 is 2.79 bits per heavy atom. The third-order valence-corrected chi connectivity index (χ3v) is 5.57. The number of anilines is 1. The number of aromatic nitrogens is 2. The smallest absolute Gasteiger partial charge is 0.291 e. The fourth-order valence-corrected chi connectivity index (χ4v) is 3.72. The number of aliphatic hydroxyl groups is 1. The van der Waals surface area contributed by atoms with Crippen molar-refractivity contribution < 1.29 is 9.90 Å². The van der Waals surface area contributed by atoms with Crippen molar-refractivity contribution in [2.45, 2.75) is 45.9 Å². The lowest BCUT2D eigenvalue weighted by molar-refractivity contribution is 0.0815. The van der Waals surface area contributed by atoms with E-state index in [1.807, 2.05) is 32.0 Å². The van der Waals surface area contributed by atoms with Gasteiger partial charge >= 0.3 is 0 Å². The van der Waals surface area contributed by atoms with Crippen molar-refractivity contribution in [1.29, 1.82) is 0 Å². The van der Waals surface area contributed by atoms with Crippen LogP contribution in [0.25, 0.3) is 0 Å². The van der Waals surface area contributed by atoms with Gasteiger partial charge in [0, 0.05) is 50.5 Å². The number of hydrogen-bond donors (Lipinski definition) is 2. The predicted octanol–water partition coefficient (Wildman–Crippen LogP) is 2.22. The number of hydrogen-bond acceptors (Lipinski definition) is 6. The van der Waals surface area contributed by atoms with Crippen LogP contribution >= 0.6 is 0 Å². The highest BCUT2D eigenvalue weighted by molar-refractivity contribution is 5.90. The van der Waals surface area contributed by atoms with Crippen LogP contribution in [0.1, 0.15) is 52.4 Å². The third kappa shape index (κ3) is 4.74. The molecule has 1 fully saturated rings. The molecule has 2 atom stereocenters. The molecule has 1 unspecified atom stereocenters. The number of carbonyl (C=O) groups excluding carboxylic acids is 1. The molecular weight excluding hydrogens is 366 g/mol. The van der Waals surface area contributed by atoms with E-state index in [0.717, 1.165) is 42.1 Å². The van der Waals surface area contributed by atoms with Gasteiger partial charge in [0.2, 0.25) is 5.82 Å². The molecule has 1 aliphatic rings. The molecule has 1 amide bonds. The maximum absolute atomic E-state index is 12.3. The second-order valence-corrected chi connectivity index (χ2v) is 8.00. The second kappa shape index (κ2) is 8.88. The SMILES string of the molecule is Cc1nc(C(=O)N(C)C)nc(N2CC[C@@H](NC(C)c3cccc(CO)c3)C2)c1C. The average molecular weight is 398 g/mol. The van der Waals surface area contributed by atoms with Crippen molar-refractivity contribution in [2.75, 3.05) is 32.1 Å². The molecule has 7 nitrogen and oxygen atoms in total. The number of nitrogens with one attached hydrogen (secondary N) is 1. The Hall–Kier alpha value is -2.51. The van der Waals surface area contributed by atoms with E-state index in [-0.39, 0.29) is 24.4 Å². The molecule has 0 radical (unpaired) electrons. The fourth-order valence-electron chi connectivity index (χ4n) is 3.72. The first kappa shape index (κ1) is 21.2. The van der Waals surface area contributed by atoms with Crippen LogP contribution in [0, 0.1) is 13.8 Å². The monoisotopic (exact) mass is 397 g/mol. The van der Waals surface area contributed by atoms with E-state index in [0.29, 0.717) is 6.04 Å². The zero-order valence-electron chi connectivity index (χ0n) is 17.9. The normalized spacial score (nSPS) is 17.4. The van der Waals surface area contributed by atoms with E-state index >= 15 is 0 Å². The fraction of sp³-hybridized carbons (Fsp3) is 0.500. The van der Waals surface area contributed by atoms with E-state index in [1.54, 1.807) is 14.1 Å². The minimum absolute atomic E-state index is 0.0537. The molecule has 7 heteroatoms. The summed E-state index contributed by atoms with van der Waals surface area (Å²) in [4.78, 5) is 25.1. The molecule has 29 heavy (non-hydrogen) atoms. The maximum atomic E-state index is 12.3. The van der Waals surface area contributed by atoms with Crippen LogP contribution in [-0.4, -0.2) is 59.1 Å². The van der Waals surface area contributed by atoms with Gasteiger partial charge in [-0.15, -0.1) is 0 Å². The van der Waals surface area contributed by atoms with Crippen molar-refractivity contribution in [1.82, 2.24) is 20.2 Å². The van der Waals surface area contributed by atoms with Gasteiger partial charge in [0.1, 0.15) is 5.82 Å². The first-order valence-electron chi connectivity index (χ1n) is 10.1. The topological polar surface area (TPSA) is 81.6 Å². The van der Waals surface area contributed by atoms with Crippen LogP contribution in [0.2, 0.25) is 0 Å². The number of benzene rings is 1. The highest BCUT2D eigenvalue weighted by atomic mass is 16.3. The number of aryl methyl sites for hydroxylation is 1. The minimum atomic E-state index is -0.180. The van der Waals surface area contributed by atoms with Crippen LogP contribution in [0.3, 0.4) is 0 Å². The Kier molecular flexibility index (Phi) is 6.49. The Morgan fingerprint density at radius 1 is 1.34 bits per heavy atom. The predicted molar refractivity (Wildman–Crippen MR) is 114 cm³/mol. The second-order valence-electron chi connectivity index (χ2n) is 8.00. The van der Waals surface area contributed by atoms with E-state index in [9.17, 15) is 9.90 Å². The Balaban J connectivity index is 1.72. The summed E-state index contributed by atoms with van der Waals surface area (Å²) in [7, 11) is 3.42. The lowest BCUT2D eigenvalue weighted by atomic mass is 10.0. The van der Waals surface area contributed by atoms with Crippen LogP contribution in [0.5, 0.6) is 0 Å². The molecule has 1 aromatic heterocycles. The zero-order chi connectivity index (χ0) is 21.1. The highest BCUT2D eigenvalue weighted by Crippen LogP contribution is 2.25. The van der Waals surface area contributed by atoms with Gasteiger partial charge in [0.15, 0.2) is 0 Å². The van der Waals surface area contributed by atoms with E-state index in [4.69, 9.17) is 0 Å². The van der Waals surface area contributed by atoms with Crippen molar-refractivity contribution in [2.24, 2.45) is 0 Å². The van der Waals surface area contributed by atoms with Crippen LogP contribution in [0.4, 0.5) is 5.82 Å². The van der Waals surface area contributed by atoms with Gasteiger partial charge in [-0.1, -0.05) is 24.3 Å². The third-order valence-electron chi connectivity index (χ3n) is 5.57. The zero-order valence-corrected chi connectivity index (χ0v) is 17.9. The maximum Gasteiger partial charge on any atom is 0.291 e. The minimum Gasteiger partial charge on any atom is -0.392 e. The van der Waals surface area contributed by atoms with Gasteiger partial charge in [0.05, 0.1) is 6.61 Å². The van der Waals surface area contributed by atoms with Gasteiger partial charge in [-0.3, -0.25) is 4.79 Å². The summed E-state index contributed by atoms with van der Waals surface area (Å²) in [6.07, 6.45) is 1.00. The molecule has 0 bridgehead atoms. The van der Waals surface area contributed by atoms with Crippen molar-refractivity contribution in [3.8, 4) is 0 Å². The van der Waals surface area contributed by atoms with E-state index in [2.05, 4.69) is 33.2 Å². The summed E-state index contributed by atoms with van der Waals surface area (Å²) in [5.41, 5.74) is 3.95. The van der Waals surface area contributed by atoms with Crippen LogP contribution in [0.15, 0.2) is 24.3 Å². The van der Waals surface area contributed by atoms with Crippen LogP contribution < -0.4 is 10.2 Å². The summed E-state index contributed by atoms with van der Waals surface area (Å²) in [5, 5.41) is 13.1. The van der Waals surface area contributed by atoms with Crippen molar-refractivity contribution >= 4 is 11.7 Å². The molecular formula is C22H31N5O2. The highest BCUT2D eigenvalue weighted by Gasteiger charge is 2.27. The Morgan fingerprint density at radius 2 is 2.10 bits per heavy atom. The molecule has 2 aromatic rings. The lowest BCUT2D eigenvalue weighted by Gasteiger charge is -2.23. The summed E-state index contributed by atoms with van der Waals surface area (Å²) in [5.74, 6) is 0.918. The van der Waals surface area contributed by atoms with Gasteiger partial charge in [-0.25, -0.2) is 9.97 Å². The van der Waals surface area contributed by atoms with Gasteiger partial charge in [-0.05, 0) is 38.3 Å².